The molecule has 0 atom stereocenters. The van der Waals surface area contributed by atoms with Crippen LogP contribution in [0.15, 0.2) is 249 Å². The molecule has 2 N–H and O–H groups in total. The van der Waals surface area contributed by atoms with E-state index in [1.54, 1.807) is 0 Å². The van der Waals surface area contributed by atoms with Gasteiger partial charge in [0.1, 0.15) is 0 Å². The van der Waals surface area contributed by atoms with Crippen LogP contribution in [-0.4, -0.2) is 15.7 Å². The molecular formula is C64H44N4. The first-order valence-electron chi connectivity index (χ1n) is 23.1. The lowest BCUT2D eigenvalue weighted by Gasteiger charge is -2.34. The van der Waals surface area contributed by atoms with Crippen LogP contribution in [-0.2, 0) is 5.41 Å². The van der Waals surface area contributed by atoms with Crippen LogP contribution in [0.1, 0.15) is 50.1 Å². The molecule has 4 heteroatoms. The van der Waals surface area contributed by atoms with Crippen molar-refractivity contribution in [3.05, 3.63) is 299 Å². The van der Waals surface area contributed by atoms with E-state index in [2.05, 4.69) is 193 Å². The number of hydrogen-bond acceptors (Lipinski definition) is 4. The molecule has 0 bridgehead atoms. The van der Waals surface area contributed by atoms with E-state index in [1.807, 2.05) is 66.7 Å². The summed E-state index contributed by atoms with van der Waals surface area (Å²) in [5.41, 5.74) is 19.5. The van der Waals surface area contributed by atoms with Gasteiger partial charge in [-0.25, -0.2) is 9.97 Å². The number of rotatable bonds is 9. The molecule has 0 saturated carbocycles. The van der Waals surface area contributed by atoms with Gasteiger partial charge < -0.3 is 5.32 Å². The lowest BCUT2D eigenvalue weighted by molar-refractivity contribution is 0.768. The number of fused-ring (bicyclic) bond motifs is 4. The zero-order valence-electron chi connectivity index (χ0n) is 37.1. The minimum atomic E-state index is -0.538. The van der Waals surface area contributed by atoms with Gasteiger partial charge in [-0.1, -0.05) is 231 Å². The summed E-state index contributed by atoms with van der Waals surface area (Å²) in [6.45, 7) is 0. The summed E-state index contributed by atoms with van der Waals surface area (Å²) in [6, 6.07) is 87.2. The van der Waals surface area contributed by atoms with Crippen molar-refractivity contribution in [1.29, 1.82) is 5.41 Å². The van der Waals surface area contributed by atoms with Crippen LogP contribution in [0, 0.1) is 5.41 Å². The zero-order valence-corrected chi connectivity index (χ0v) is 37.1. The Morgan fingerprint density at radius 3 is 1.59 bits per heavy atom. The number of nitrogens with zero attached hydrogens (tertiary/aromatic N) is 2. The lowest BCUT2D eigenvalue weighted by atomic mass is 9.67. The Balaban J connectivity index is 1.01. The monoisotopic (exact) mass is 868 g/mol. The van der Waals surface area contributed by atoms with E-state index in [0.29, 0.717) is 11.5 Å². The van der Waals surface area contributed by atoms with Gasteiger partial charge in [-0.2, -0.15) is 0 Å². The molecule has 0 fully saturated rings. The highest BCUT2D eigenvalue weighted by Gasteiger charge is 2.46. The van der Waals surface area contributed by atoms with Gasteiger partial charge >= 0.3 is 0 Å². The van der Waals surface area contributed by atoms with E-state index >= 15 is 0 Å². The molecule has 0 saturated heterocycles. The molecule has 9 aromatic carbocycles. The van der Waals surface area contributed by atoms with Gasteiger partial charge in [-0.05, 0) is 74.3 Å². The van der Waals surface area contributed by atoms with E-state index in [-0.39, 0.29) is 0 Å². The third kappa shape index (κ3) is 6.99. The van der Waals surface area contributed by atoms with Crippen LogP contribution in [0.4, 0.5) is 0 Å². The number of allylic oxidation sites excluding steroid dienone is 1. The Hall–Kier alpha value is -8.99. The van der Waals surface area contributed by atoms with E-state index in [1.165, 1.54) is 33.4 Å². The average Bonchev–Trinajstić information content (AvgIpc) is 3.72. The summed E-state index contributed by atoms with van der Waals surface area (Å²) in [7, 11) is 0. The van der Waals surface area contributed by atoms with Crippen molar-refractivity contribution in [2.24, 2.45) is 0 Å². The molecule has 68 heavy (non-hydrogen) atoms. The van der Waals surface area contributed by atoms with Crippen molar-refractivity contribution < 1.29 is 0 Å². The highest BCUT2D eigenvalue weighted by molar-refractivity contribution is 6.36. The third-order valence-corrected chi connectivity index (χ3v) is 13.4. The number of aromatic nitrogens is 2. The van der Waals surface area contributed by atoms with Gasteiger partial charge in [-0.15, -0.1) is 0 Å². The Bertz CT molecular complexity index is 3540. The molecule has 2 heterocycles. The smallest absolute Gasteiger partial charge is 0.160 e. The molecule has 0 amide bonds. The summed E-state index contributed by atoms with van der Waals surface area (Å²) in [6.07, 6.45) is 2.21. The van der Waals surface area contributed by atoms with Crippen LogP contribution in [0.2, 0.25) is 0 Å². The number of benzene rings is 9. The number of hydrogen-bond donors (Lipinski definition) is 2. The van der Waals surface area contributed by atoms with E-state index in [4.69, 9.17) is 9.97 Å². The third-order valence-electron chi connectivity index (χ3n) is 13.4. The van der Waals surface area contributed by atoms with Crippen molar-refractivity contribution in [3.8, 4) is 45.0 Å². The summed E-state index contributed by atoms with van der Waals surface area (Å²) in [5.74, 6) is 0.658. The lowest BCUT2D eigenvalue weighted by Crippen LogP contribution is -2.28. The average molecular weight is 869 g/mol. The fourth-order valence-corrected chi connectivity index (χ4v) is 10.3. The SMILES string of the molecule is N=C(/C(=C1\NC(c2cccc(-c3cc(-c4ccc5c(c4)C(c4ccccc4)(c4ccccc4)c4ccccc4-5)nc(-c4ccccc4)n3)c2)=Cc2ccccc21)c1ccccc1)c1ccccc1. The predicted octanol–water partition coefficient (Wildman–Crippen LogP) is 14.9. The molecule has 320 valence electrons. The molecule has 0 radical (unpaired) electrons. The Kier molecular flexibility index (Phi) is 10.2. The molecule has 0 spiro atoms. The molecule has 10 aromatic rings. The quantitative estimate of drug-likeness (QED) is 0.142. The molecule has 1 aromatic heterocycles. The topological polar surface area (TPSA) is 61.7 Å². The minimum Gasteiger partial charge on any atom is -0.354 e. The van der Waals surface area contributed by atoms with Gasteiger partial charge in [0.15, 0.2) is 5.82 Å². The van der Waals surface area contributed by atoms with Gasteiger partial charge in [0.2, 0.25) is 0 Å². The van der Waals surface area contributed by atoms with Crippen molar-refractivity contribution >= 4 is 28.8 Å². The second-order valence-corrected chi connectivity index (χ2v) is 17.3. The van der Waals surface area contributed by atoms with Gasteiger partial charge in [0.05, 0.1) is 28.2 Å². The first-order chi connectivity index (χ1) is 33.6. The molecule has 4 nitrogen and oxygen atoms in total. The summed E-state index contributed by atoms with van der Waals surface area (Å²) in [4.78, 5) is 10.6. The normalized spacial score (nSPS) is 13.9. The van der Waals surface area contributed by atoms with Crippen LogP contribution < -0.4 is 5.32 Å². The maximum absolute atomic E-state index is 9.65. The van der Waals surface area contributed by atoms with Crippen LogP contribution >= 0.6 is 0 Å². The standard InChI is InChI=1S/C64H44N4/c65-61(44-23-8-2-9-24-44)60(43-21-6-1-7-22-43)62-52-34-17-16-27-46(52)41-57(66-62)47-28-20-29-48(39-47)58-42-59(68-63(67-58)45-25-10-3-11-26-45)49-37-38-54-53-35-18-19-36-55(53)64(56(54)40-49,50-30-12-4-13-31-50)51-32-14-5-15-33-51/h1-42,65-66H/b62-60-,65-61?. The first-order valence-corrected chi connectivity index (χ1v) is 23.1. The van der Waals surface area contributed by atoms with Gasteiger partial charge in [0, 0.05) is 39.1 Å². The van der Waals surface area contributed by atoms with Crippen molar-refractivity contribution in [3.63, 3.8) is 0 Å². The Labute approximate surface area is 396 Å². The summed E-state index contributed by atoms with van der Waals surface area (Å²) < 4.78 is 0. The molecule has 12 rings (SSSR count). The largest absolute Gasteiger partial charge is 0.354 e. The van der Waals surface area contributed by atoms with Crippen LogP contribution in [0.5, 0.6) is 0 Å². The minimum absolute atomic E-state index is 0.450. The highest BCUT2D eigenvalue weighted by Crippen LogP contribution is 2.56. The predicted molar refractivity (Wildman–Crippen MR) is 280 cm³/mol. The Morgan fingerprint density at radius 2 is 0.912 bits per heavy atom. The van der Waals surface area contributed by atoms with E-state index in [0.717, 1.165) is 72.9 Å². The van der Waals surface area contributed by atoms with E-state index < -0.39 is 5.41 Å². The van der Waals surface area contributed by atoms with Crippen molar-refractivity contribution in [2.45, 2.75) is 5.41 Å². The van der Waals surface area contributed by atoms with Crippen LogP contribution in [0.3, 0.4) is 0 Å². The molecular weight excluding hydrogens is 825 g/mol. The molecule has 0 unspecified atom stereocenters. The maximum atomic E-state index is 9.65. The molecule has 1 aliphatic heterocycles. The van der Waals surface area contributed by atoms with E-state index in [9.17, 15) is 5.41 Å². The molecule has 1 aliphatic carbocycles. The zero-order chi connectivity index (χ0) is 45.4. The van der Waals surface area contributed by atoms with Gasteiger partial charge in [-0.3, -0.25) is 5.41 Å². The second-order valence-electron chi connectivity index (χ2n) is 17.3. The summed E-state index contributed by atoms with van der Waals surface area (Å²) >= 11 is 0. The van der Waals surface area contributed by atoms with Crippen molar-refractivity contribution in [2.75, 3.05) is 0 Å². The fraction of sp³-hybridized carbons (Fsp3) is 0.0156. The molecule has 2 aliphatic rings. The fourth-order valence-electron chi connectivity index (χ4n) is 10.3. The Morgan fingerprint density at radius 1 is 0.397 bits per heavy atom. The highest BCUT2D eigenvalue weighted by atomic mass is 14.9. The van der Waals surface area contributed by atoms with Crippen molar-refractivity contribution in [1.82, 2.24) is 15.3 Å². The maximum Gasteiger partial charge on any atom is 0.160 e. The van der Waals surface area contributed by atoms with Gasteiger partial charge in [0.25, 0.3) is 0 Å². The second kappa shape index (κ2) is 17.1. The first kappa shape index (κ1) is 40.5. The van der Waals surface area contributed by atoms with Crippen LogP contribution in [0.25, 0.3) is 68.1 Å². The summed E-state index contributed by atoms with van der Waals surface area (Å²) in [5, 5.41) is 13.5. The number of nitrogens with one attached hydrogen (secondary N) is 2.